The van der Waals surface area contributed by atoms with E-state index in [0.29, 0.717) is 0 Å². The zero-order valence-corrected chi connectivity index (χ0v) is 31.2. The van der Waals surface area contributed by atoms with Crippen molar-refractivity contribution in [2.45, 2.75) is 79.3 Å². The molecule has 6 aromatic rings. The number of aromatic nitrogens is 2. The zero-order valence-electron chi connectivity index (χ0n) is 27.2. The number of hydrogen-bond acceptors (Lipinski definition) is 0. The van der Waals surface area contributed by atoms with Crippen molar-refractivity contribution >= 4 is 94.7 Å². The van der Waals surface area contributed by atoms with Gasteiger partial charge >= 0.3 is 0 Å². The van der Waals surface area contributed by atoms with E-state index in [4.69, 9.17) is 0 Å². The van der Waals surface area contributed by atoms with Crippen LogP contribution in [-0.2, 0) is 13.1 Å². The minimum atomic E-state index is -1.83. The lowest BCUT2D eigenvalue weighted by atomic mass is 10.1. The molecule has 0 aliphatic carbocycles. The SMILES string of the molecule is CCn1c2ccc3cc2c2cc(ccc21)[Si](C)(C)[Si](C)(C)c1ccc2c(c1)c1cc(ccc1n2CC)[Si](C)(C)[Si]3(C)C. The molecule has 2 nitrogen and oxygen atoms in total. The average Bonchev–Trinajstić information content (AvgIpc) is 3.46. The molecule has 1 aliphatic heterocycles. The largest absolute Gasteiger partial charge is 0.341 e. The maximum absolute atomic E-state index is 2.65. The van der Waals surface area contributed by atoms with Crippen molar-refractivity contribution in [2.24, 2.45) is 0 Å². The second-order valence-electron chi connectivity index (χ2n) is 14.9. The van der Waals surface area contributed by atoms with Gasteiger partial charge in [0, 0.05) is 56.7 Å². The van der Waals surface area contributed by atoms with Gasteiger partial charge in [0.25, 0.3) is 0 Å². The summed E-state index contributed by atoms with van der Waals surface area (Å²) < 4.78 is 5.09. The van der Waals surface area contributed by atoms with E-state index in [0.717, 1.165) is 13.1 Å². The molecule has 0 amide bonds. The van der Waals surface area contributed by atoms with E-state index >= 15 is 0 Å². The first-order valence-corrected chi connectivity index (χ1v) is 29.9. The lowest BCUT2D eigenvalue weighted by Crippen LogP contribution is -2.69. The number of benzene rings is 4. The van der Waals surface area contributed by atoms with Gasteiger partial charge in [-0.1, -0.05) is 122 Å². The highest BCUT2D eigenvalue weighted by Crippen LogP contribution is 2.34. The van der Waals surface area contributed by atoms with Crippen LogP contribution in [0.1, 0.15) is 13.8 Å². The summed E-state index contributed by atoms with van der Waals surface area (Å²) in [5.74, 6) is 0. The molecule has 0 spiro atoms. The van der Waals surface area contributed by atoms with Gasteiger partial charge in [-0.2, -0.15) is 0 Å². The Morgan fingerprint density at radius 3 is 0.786 bits per heavy atom. The van der Waals surface area contributed by atoms with Crippen molar-refractivity contribution in [3.63, 3.8) is 0 Å². The van der Waals surface area contributed by atoms with Crippen LogP contribution in [-0.4, -0.2) is 39.5 Å². The van der Waals surface area contributed by atoms with E-state index in [9.17, 15) is 0 Å². The van der Waals surface area contributed by atoms with Crippen LogP contribution in [0.4, 0.5) is 0 Å². The topological polar surface area (TPSA) is 9.86 Å². The van der Waals surface area contributed by atoms with E-state index in [-0.39, 0.29) is 0 Å². The normalized spacial score (nSPS) is 18.7. The summed E-state index contributed by atoms with van der Waals surface area (Å²) in [4.78, 5) is 0. The van der Waals surface area contributed by atoms with Crippen LogP contribution < -0.4 is 20.7 Å². The number of aryl methyl sites for hydroxylation is 2. The number of fused-ring (bicyclic) bond motifs is 4. The number of hydrogen-bond donors (Lipinski definition) is 0. The Kier molecular flexibility index (Phi) is 5.99. The molecule has 3 heterocycles. The summed E-state index contributed by atoms with van der Waals surface area (Å²) in [6, 6.07) is 30.3. The highest BCUT2D eigenvalue weighted by molar-refractivity contribution is 7.50. The van der Waals surface area contributed by atoms with E-state index in [1.54, 1.807) is 20.7 Å². The minimum Gasteiger partial charge on any atom is -0.341 e. The third kappa shape index (κ3) is 3.46. The van der Waals surface area contributed by atoms with Gasteiger partial charge in [-0.05, 0) is 38.1 Å². The zero-order chi connectivity index (χ0) is 30.0. The first-order valence-electron chi connectivity index (χ1n) is 15.9. The van der Waals surface area contributed by atoms with Crippen molar-refractivity contribution in [1.82, 2.24) is 9.13 Å². The van der Waals surface area contributed by atoms with Gasteiger partial charge in [-0.25, -0.2) is 0 Å². The molecule has 0 unspecified atom stereocenters. The van der Waals surface area contributed by atoms with Gasteiger partial charge in [0.2, 0.25) is 0 Å². The molecule has 0 radical (unpaired) electrons. The van der Waals surface area contributed by atoms with Crippen LogP contribution in [0.15, 0.2) is 72.8 Å². The Morgan fingerprint density at radius 1 is 0.381 bits per heavy atom. The quantitative estimate of drug-likeness (QED) is 0.178. The van der Waals surface area contributed by atoms with Crippen LogP contribution in [0, 0.1) is 0 Å². The van der Waals surface area contributed by atoms with E-state index < -0.39 is 30.4 Å². The monoisotopic (exact) mass is 618 g/mol. The van der Waals surface area contributed by atoms with Crippen LogP contribution >= 0.6 is 0 Å². The van der Waals surface area contributed by atoms with Gasteiger partial charge in [0.05, 0.1) is 30.4 Å². The second-order valence-corrected chi connectivity index (χ2v) is 45.2. The second kappa shape index (κ2) is 8.94. The predicted octanol–water partition coefficient (Wildman–Crippen LogP) is 7.47. The molecular weight excluding hydrogens is 573 g/mol. The smallest absolute Gasteiger partial charge is 0.0791 e. The molecule has 0 fully saturated rings. The highest BCUT2D eigenvalue weighted by Gasteiger charge is 2.46. The first-order chi connectivity index (χ1) is 19.8. The van der Waals surface area contributed by atoms with E-state index in [2.05, 4.69) is 148 Å². The molecule has 42 heavy (non-hydrogen) atoms. The van der Waals surface area contributed by atoms with E-state index in [1.807, 2.05) is 0 Å². The number of rotatable bonds is 2. The fourth-order valence-electron chi connectivity index (χ4n) is 7.89. The predicted molar refractivity (Wildman–Crippen MR) is 199 cm³/mol. The standard InChI is InChI=1S/C36H46N2Si4/c1-11-37-33-17-13-25-21-29(33)30-22-26(14-18-34(30)37)40(5,6)42(9,10)28-16-20-36-32(24-28)31-23-27(41(7,8)39(25,3)4)15-19-35(31)38(36)12-2/h13-24H,11-12H2,1-10H3. The summed E-state index contributed by atoms with van der Waals surface area (Å²) in [5, 5.41) is 12.3. The molecule has 2 aromatic heterocycles. The molecule has 8 bridgehead atoms. The molecule has 216 valence electrons. The molecule has 0 saturated heterocycles. The Morgan fingerprint density at radius 2 is 0.595 bits per heavy atom. The molecule has 0 saturated carbocycles. The maximum atomic E-state index is 2.65. The van der Waals surface area contributed by atoms with Gasteiger partial charge in [-0.3, -0.25) is 0 Å². The lowest BCUT2D eigenvalue weighted by Gasteiger charge is -2.40. The van der Waals surface area contributed by atoms with Crippen LogP contribution in [0.3, 0.4) is 0 Å². The van der Waals surface area contributed by atoms with Crippen molar-refractivity contribution < 1.29 is 0 Å². The Hall–Kier alpha value is -2.65. The van der Waals surface area contributed by atoms with Crippen molar-refractivity contribution in [2.75, 3.05) is 0 Å². The molecule has 6 heteroatoms. The Balaban J connectivity index is 1.65. The summed E-state index contributed by atoms with van der Waals surface area (Å²) in [5.41, 5.74) is 5.58. The van der Waals surface area contributed by atoms with Crippen molar-refractivity contribution in [1.29, 1.82) is 0 Å². The van der Waals surface area contributed by atoms with Crippen molar-refractivity contribution in [3.05, 3.63) is 72.8 Å². The maximum Gasteiger partial charge on any atom is 0.0791 e. The summed E-state index contributed by atoms with van der Waals surface area (Å²) in [6.45, 7) is 27.8. The van der Waals surface area contributed by atoms with Crippen LogP contribution in [0.2, 0.25) is 52.4 Å². The summed E-state index contributed by atoms with van der Waals surface area (Å²) in [6.07, 6.45) is 0. The summed E-state index contributed by atoms with van der Waals surface area (Å²) in [7, 11) is -7.33. The van der Waals surface area contributed by atoms with Crippen LogP contribution in [0.25, 0.3) is 43.6 Å². The summed E-state index contributed by atoms with van der Waals surface area (Å²) >= 11 is 0. The third-order valence-electron chi connectivity index (χ3n) is 12.4. The average molecular weight is 619 g/mol. The molecule has 0 N–H and O–H groups in total. The van der Waals surface area contributed by atoms with Gasteiger partial charge in [0.15, 0.2) is 0 Å². The van der Waals surface area contributed by atoms with Crippen molar-refractivity contribution in [3.8, 4) is 0 Å². The minimum absolute atomic E-state index is 1.000. The van der Waals surface area contributed by atoms with Gasteiger partial charge < -0.3 is 9.13 Å². The molecule has 1 aliphatic rings. The Labute approximate surface area is 255 Å². The van der Waals surface area contributed by atoms with Crippen LogP contribution in [0.5, 0.6) is 0 Å². The fraction of sp³-hybridized carbons (Fsp3) is 0.333. The molecule has 7 rings (SSSR count). The Bertz CT molecular complexity index is 1780. The molecule has 0 atom stereocenters. The number of nitrogens with zero attached hydrogens (tertiary/aromatic N) is 2. The molecular formula is C36H46N2Si4. The van der Waals surface area contributed by atoms with Gasteiger partial charge in [-0.15, -0.1) is 0 Å². The third-order valence-corrected chi connectivity index (χ3v) is 47.9. The van der Waals surface area contributed by atoms with E-state index in [1.165, 1.54) is 43.6 Å². The fourth-order valence-corrected chi connectivity index (χ4v) is 25.3. The highest BCUT2D eigenvalue weighted by atomic mass is 29.3. The first kappa shape index (κ1) is 28.1. The molecule has 4 aromatic carbocycles. The lowest BCUT2D eigenvalue weighted by molar-refractivity contribution is 0.827. The van der Waals surface area contributed by atoms with Gasteiger partial charge in [0.1, 0.15) is 0 Å².